The molecule has 0 saturated carbocycles. The molecule has 6 heteroatoms. The van der Waals surface area contributed by atoms with Crippen LogP contribution in [0, 0.1) is 0 Å². The summed E-state index contributed by atoms with van der Waals surface area (Å²) in [6.07, 6.45) is 0.361. The Labute approximate surface area is 108 Å². The highest BCUT2D eigenvalue weighted by Gasteiger charge is 2.15. The van der Waals surface area contributed by atoms with Crippen molar-refractivity contribution in [2.45, 2.75) is 19.9 Å². The van der Waals surface area contributed by atoms with Gasteiger partial charge in [0.2, 0.25) is 0 Å². The Hall–Kier alpha value is -2.50. The van der Waals surface area contributed by atoms with Crippen molar-refractivity contribution < 1.29 is 4.79 Å². The molecule has 0 aliphatic carbocycles. The second-order valence-corrected chi connectivity index (χ2v) is 4.30. The predicted octanol–water partition coefficient (Wildman–Crippen LogP) is 0.788. The lowest BCUT2D eigenvalue weighted by Gasteiger charge is -2.12. The summed E-state index contributed by atoms with van der Waals surface area (Å²) in [5.74, 6) is 0. The Bertz CT molecular complexity index is 714. The zero-order chi connectivity index (χ0) is 14.0. The number of aldehydes is 1. The predicted molar refractivity (Wildman–Crippen MR) is 69.9 cm³/mol. The summed E-state index contributed by atoms with van der Waals surface area (Å²) >= 11 is 0. The van der Waals surface area contributed by atoms with Crippen molar-refractivity contribution in [2.75, 3.05) is 0 Å². The van der Waals surface area contributed by atoms with Gasteiger partial charge in [0, 0.05) is 0 Å². The molecule has 0 amide bonds. The minimum absolute atomic E-state index is 0.248. The van der Waals surface area contributed by atoms with E-state index in [0.717, 1.165) is 9.25 Å². The number of para-hydroxylation sites is 1. The van der Waals surface area contributed by atoms with Crippen LogP contribution in [0.5, 0.6) is 0 Å². The van der Waals surface area contributed by atoms with Gasteiger partial charge in [0.05, 0.1) is 11.7 Å². The highest BCUT2D eigenvalue weighted by Crippen LogP contribution is 2.02. The maximum atomic E-state index is 12.2. The molecule has 0 radical (unpaired) electrons. The van der Waals surface area contributed by atoms with Crippen LogP contribution in [-0.2, 0) is 0 Å². The molecular weight excluding hydrogens is 246 g/mol. The third-order valence-corrected chi connectivity index (χ3v) is 2.64. The molecule has 0 aliphatic rings. The van der Waals surface area contributed by atoms with E-state index in [1.807, 2.05) is 0 Å². The molecule has 0 N–H and O–H groups in total. The molecule has 0 fully saturated rings. The molecule has 1 aromatic heterocycles. The number of carbonyl (C=O) groups excluding carboxylic acids is 1. The molecule has 1 heterocycles. The van der Waals surface area contributed by atoms with Crippen LogP contribution in [0.3, 0.4) is 0 Å². The van der Waals surface area contributed by atoms with Crippen LogP contribution < -0.4 is 11.2 Å². The van der Waals surface area contributed by atoms with Crippen molar-refractivity contribution >= 4 is 6.29 Å². The summed E-state index contributed by atoms with van der Waals surface area (Å²) in [5.41, 5.74) is -1.13. The molecule has 98 valence electrons. The smallest absolute Gasteiger partial charge is 0.296 e. The molecule has 0 spiro atoms. The Morgan fingerprint density at radius 2 is 1.79 bits per heavy atom. The van der Waals surface area contributed by atoms with Gasteiger partial charge in [-0.1, -0.05) is 18.2 Å². The third-order valence-electron chi connectivity index (χ3n) is 2.64. The summed E-state index contributed by atoms with van der Waals surface area (Å²) in [5, 5.41) is 3.78. The van der Waals surface area contributed by atoms with E-state index < -0.39 is 11.2 Å². The maximum absolute atomic E-state index is 12.2. The van der Waals surface area contributed by atoms with Gasteiger partial charge in [0.1, 0.15) is 0 Å². The topological polar surface area (TPSA) is 74.0 Å². The first-order valence-corrected chi connectivity index (χ1v) is 5.82. The van der Waals surface area contributed by atoms with E-state index in [0.29, 0.717) is 12.0 Å². The van der Waals surface area contributed by atoms with E-state index in [4.69, 9.17) is 0 Å². The molecule has 0 saturated heterocycles. The number of carbonyl (C=O) groups is 1. The highest BCUT2D eigenvalue weighted by molar-refractivity contribution is 5.70. The summed E-state index contributed by atoms with van der Waals surface area (Å²) in [7, 11) is 0. The molecule has 0 bridgehead atoms. The lowest BCUT2D eigenvalue weighted by atomic mass is 10.3. The second-order valence-electron chi connectivity index (χ2n) is 4.30. The van der Waals surface area contributed by atoms with Gasteiger partial charge in [-0.3, -0.25) is 9.59 Å². The Morgan fingerprint density at radius 1 is 1.16 bits per heavy atom. The van der Waals surface area contributed by atoms with Crippen LogP contribution in [-0.4, -0.2) is 20.6 Å². The minimum atomic E-state index is -0.705. The summed E-state index contributed by atoms with van der Waals surface area (Å²) in [6, 6.07) is 8.20. The normalized spacial score (nSPS) is 10.7. The first kappa shape index (κ1) is 12.9. The van der Waals surface area contributed by atoms with Crippen molar-refractivity contribution in [1.29, 1.82) is 0 Å². The largest absolute Gasteiger partial charge is 0.352 e. The van der Waals surface area contributed by atoms with Crippen molar-refractivity contribution in [3.05, 3.63) is 56.9 Å². The number of benzene rings is 1. The lowest BCUT2D eigenvalue weighted by Crippen LogP contribution is -2.43. The van der Waals surface area contributed by atoms with Crippen LogP contribution in [0.2, 0.25) is 0 Å². The van der Waals surface area contributed by atoms with Crippen molar-refractivity contribution in [3.8, 4) is 5.69 Å². The van der Waals surface area contributed by atoms with E-state index in [1.165, 1.54) is 0 Å². The summed E-state index contributed by atoms with van der Waals surface area (Å²) in [6.45, 7) is 3.51. The molecule has 0 aliphatic heterocycles. The summed E-state index contributed by atoms with van der Waals surface area (Å²) in [4.78, 5) is 35.2. The number of rotatable bonds is 3. The molecule has 0 atom stereocenters. The van der Waals surface area contributed by atoms with Gasteiger partial charge in [-0.05, 0) is 26.0 Å². The first-order valence-electron chi connectivity index (χ1n) is 5.82. The first-order chi connectivity index (χ1) is 9.06. The number of hydrogen-bond acceptors (Lipinski definition) is 4. The van der Waals surface area contributed by atoms with E-state index in [2.05, 4.69) is 5.10 Å². The Kier molecular flexibility index (Phi) is 3.41. The van der Waals surface area contributed by atoms with Gasteiger partial charge in [-0.25, -0.2) is 14.0 Å². The SMILES string of the molecule is CC(C)n1nc(C=O)c(=O)n(-c2ccccc2)c1=O. The van der Waals surface area contributed by atoms with Gasteiger partial charge in [-0.15, -0.1) is 0 Å². The monoisotopic (exact) mass is 259 g/mol. The van der Waals surface area contributed by atoms with E-state index >= 15 is 0 Å². The molecule has 1 aromatic carbocycles. The van der Waals surface area contributed by atoms with Gasteiger partial charge in [-0.2, -0.15) is 5.10 Å². The molecule has 2 rings (SSSR count). The standard InChI is InChI=1S/C13H13N3O3/c1-9(2)16-13(19)15(10-6-4-3-5-7-10)12(18)11(8-17)14-16/h3-9H,1-2H3. The Balaban J connectivity index is 2.87. The molecule has 2 aromatic rings. The van der Waals surface area contributed by atoms with Crippen LogP contribution in [0.4, 0.5) is 0 Å². The van der Waals surface area contributed by atoms with Crippen molar-refractivity contribution in [3.63, 3.8) is 0 Å². The highest BCUT2D eigenvalue weighted by atomic mass is 16.2. The fraction of sp³-hybridized carbons (Fsp3) is 0.231. The maximum Gasteiger partial charge on any atom is 0.352 e. The third kappa shape index (κ3) is 2.24. The van der Waals surface area contributed by atoms with Gasteiger partial charge >= 0.3 is 5.69 Å². The van der Waals surface area contributed by atoms with E-state index in [-0.39, 0.29) is 11.7 Å². The average molecular weight is 259 g/mol. The van der Waals surface area contributed by atoms with Gasteiger partial charge in [0.15, 0.2) is 12.0 Å². The Morgan fingerprint density at radius 3 is 2.32 bits per heavy atom. The minimum Gasteiger partial charge on any atom is -0.296 e. The van der Waals surface area contributed by atoms with Crippen LogP contribution in [0.15, 0.2) is 39.9 Å². The fourth-order valence-corrected chi connectivity index (χ4v) is 1.72. The number of aromatic nitrogens is 3. The molecule has 19 heavy (non-hydrogen) atoms. The van der Waals surface area contributed by atoms with Crippen LogP contribution in [0.1, 0.15) is 30.4 Å². The van der Waals surface area contributed by atoms with Crippen molar-refractivity contribution in [2.24, 2.45) is 0 Å². The van der Waals surface area contributed by atoms with Gasteiger partial charge in [0.25, 0.3) is 5.56 Å². The van der Waals surface area contributed by atoms with Crippen molar-refractivity contribution in [1.82, 2.24) is 14.3 Å². The lowest BCUT2D eigenvalue weighted by molar-refractivity contribution is 0.111. The van der Waals surface area contributed by atoms with E-state index in [9.17, 15) is 14.4 Å². The second kappa shape index (κ2) is 5.01. The zero-order valence-electron chi connectivity index (χ0n) is 10.6. The summed E-state index contributed by atoms with van der Waals surface area (Å²) < 4.78 is 2.08. The van der Waals surface area contributed by atoms with Crippen LogP contribution in [0.25, 0.3) is 5.69 Å². The molecule has 6 nitrogen and oxygen atoms in total. The van der Waals surface area contributed by atoms with E-state index in [1.54, 1.807) is 44.2 Å². The quantitative estimate of drug-likeness (QED) is 0.764. The van der Waals surface area contributed by atoms with Crippen LogP contribution >= 0.6 is 0 Å². The molecular formula is C13H13N3O3. The number of hydrogen-bond donors (Lipinski definition) is 0. The number of nitrogens with zero attached hydrogens (tertiary/aromatic N) is 3. The molecule has 0 unspecified atom stereocenters. The fourth-order valence-electron chi connectivity index (χ4n) is 1.72. The average Bonchev–Trinajstić information content (AvgIpc) is 2.40. The zero-order valence-corrected chi connectivity index (χ0v) is 10.6. The van der Waals surface area contributed by atoms with Gasteiger partial charge < -0.3 is 0 Å².